The van der Waals surface area contributed by atoms with Crippen LogP contribution in [0.2, 0.25) is 0 Å². The average Bonchev–Trinajstić information content (AvgIpc) is 2.36. The molecule has 0 N–H and O–H groups in total. The third kappa shape index (κ3) is 7.60. The summed E-state index contributed by atoms with van der Waals surface area (Å²) in [4.78, 5) is 12.0. The van der Waals surface area contributed by atoms with Gasteiger partial charge in [0.1, 0.15) is 19.7 Å². The molecule has 1 unspecified atom stereocenters. The number of hydrogen-bond acceptors (Lipinski definition) is 2. The molecule has 3 heteroatoms. The second kappa shape index (κ2) is 7.77. The Labute approximate surface area is 135 Å². The molecular formula is C19H32NO2+. The van der Waals surface area contributed by atoms with Crippen molar-refractivity contribution in [1.82, 2.24) is 0 Å². The Morgan fingerprint density at radius 2 is 1.77 bits per heavy atom. The third-order valence-corrected chi connectivity index (χ3v) is 3.72. The molecule has 0 aliphatic carbocycles. The summed E-state index contributed by atoms with van der Waals surface area (Å²) in [7, 11) is 4.33. The van der Waals surface area contributed by atoms with Crippen LogP contribution in [0.1, 0.15) is 39.7 Å². The van der Waals surface area contributed by atoms with E-state index >= 15 is 0 Å². The minimum absolute atomic E-state index is 0.0373. The van der Waals surface area contributed by atoms with Gasteiger partial charge in [0.15, 0.2) is 0 Å². The van der Waals surface area contributed by atoms with Gasteiger partial charge in [0, 0.05) is 5.56 Å². The molecule has 0 radical (unpaired) electrons. The van der Waals surface area contributed by atoms with Crippen molar-refractivity contribution in [2.75, 3.05) is 27.2 Å². The van der Waals surface area contributed by atoms with Crippen LogP contribution < -0.4 is 0 Å². The Kier molecular flexibility index (Phi) is 6.61. The van der Waals surface area contributed by atoms with E-state index in [1.54, 1.807) is 0 Å². The van der Waals surface area contributed by atoms with Gasteiger partial charge in [-0.05, 0) is 11.8 Å². The molecule has 22 heavy (non-hydrogen) atoms. The molecule has 0 bridgehead atoms. The Bertz CT molecular complexity index is 460. The van der Waals surface area contributed by atoms with Crippen LogP contribution in [-0.2, 0) is 16.1 Å². The lowest BCUT2D eigenvalue weighted by Gasteiger charge is -2.30. The van der Waals surface area contributed by atoms with Crippen LogP contribution in [0, 0.1) is 11.3 Å². The molecule has 0 amide bonds. The molecule has 0 aromatic heterocycles. The number of likely N-dealkylation sites (N-methyl/N-ethyl adjacent to an activating group) is 1. The zero-order chi connectivity index (χ0) is 16.8. The van der Waals surface area contributed by atoms with Crippen LogP contribution in [0.5, 0.6) is 0 Å². The zero-order valence-corrected chi connectivity index (χ0v) is 15.1. The van der Waals surface area contributed by atoms with E-state index in [4.69, 9.17) is 4.74 Å². The first-order valence-electron chi connectivity index (χ1n) is 8.12. The third-order valence-electron chi connectivity index (χ3n) is 3.72. The van der Waals surface area contributed by atoms with Crippen LogP contribution in [-0.4, -0.2) is 37.7 Å². The van der Waals surface area contributed by atoms with Gasteiger partial charge >= 0.3 is 5.97 Å². The van der Waals surface area contributed by atoms with E-state index in [1.807, 2.05) is 13.0 Å². The first-order chi connectivity index (χ1) is 10.1. The number of esters is 1. The smallest absolute Gasteiger partial charge is 0.308 e. The van der Waals surface area contributed by atoms with Crippen molar-refractivity contribution in [1.29, 1.82) is 0 Å². The summed E-state index contributed by atoms with van der Waals surface area (Å²) in [5, 5.41) is 0. The lowest BCUT2D eigenvalue weighted by Crippen LogP contribution is -2.42. The topological polar surface area (TPSA) is 26.3 Å². The molecule has 0 saturated heterocycles. The highest BCUT2D eigenvalue weighted by atomic mass is 16.5. The molecule has 1 aromatic rings. The maximum absolute atomic E-state index is 12.0. The highest BCUT2D eigenvalue weighted by Crippen LogP contribution is 2.24. The summed E-state index contributed by atoms with van der Waals surface area (Å²) >= 11 is 0. The summed E-state index contributed by atoms with van der Waals surface area (Å²) < 4.78 is 6.28. The van der Waals surface area contributed by atoms with E-state index in [9.17, 15) is 4.79 Å². The van der Waals surface area contributed by atoms with Crippen molar-refractivity contribution >= 4 is 5.97 Å². The van der Waals surface area contributed by atoms with Crippen molar-refractivity contribution < 1.29 is 14.0 Å². The van der Waals surface area contributed by atoms with Crippen LogP contribution in [0.15, 0.2) is 30.3 Å². The number of ether oxygens (including phenoxy) is 1. The number of benzene rings is 1. The van der Waals surface area contributed by atoms with Crippen molar-refractivity contribution in [3.63, 3.8) is 0 Å². The van der Waals surface area contributed by atoms with Crippen molar-refractivity contribution in [2.45, 2.75) is 40.7 Å². The molecular weight excluding hydrogens is 274 g/mol. The second-order valence-corrected chi connectivity index (χ2v) is 8.14. The van der Waals surface area contributed by atoms with Crippen LogP contribution in [0.3, 0.4) is 0 Å². The first-order valence-corrected chi connectivity index (χ1v) is 8.12. The highest BCUT2D eigenvalue weighted by molar-refractivity contribution is 5.72. The number of quaternary nitrogens is 1. The van der Waals surface area contributed by atoms with Gasteiger partial charge in [0.05, 0.1) is 20.0 Å². The number of carbonyl (C=O) groups excluding carboxylic acids is 1. The van der Waals surface area contributed by atoms with E-state index in [0.29, 0.717) is 6.61 Å². The molecule has 0 aliphatic rings. The normalized spacial score (nSPS) is 13.7. The van der Waals surface area contributed by atoms with E-state index in [0.717, 1.165) is 24.0 Å². The summed E-state index contributed by atoms with van der Waals surface area (Å²) in [6.45, 7) is 10.6. The molecule has 124 valence electrons. The van der Waals surface area contributed by atoms with Gasteiger partial charge in [-0.15, -0.1) is 0 Å². The van der Waals surface area contributed by atoms with Crippen LogP contribution in [0.4, 0.5) is 0 Å². The maximum Gasteiger partial charge on any atom is 0.308 e. The maximum atomic E-state index is 12.0. The monoisotopic (exact) mass is 306 g/mol. The molecule has 0 aliphatic heterocycles. The molecule has 0 saturated carbocycles. The highest BCUT2D eigenvalue weighted by Gasteiger charge is 2.23. The summed E-state index contributed by atoms with van der Waals surface area (Å²) in [6, 6.07) is 10.4. The van der Waals surface area contributed by atoms with Gasteiger partial charge in [-0.1, -0.05) is 58.0 Å². The molecule has 3 nitrogen and oxygen atoms in total. The Morgan fingerprint density at radius 1 is 1.18 bits per heavy atom. The first kappa shape index (κ1) is 18.7. The van der Waals surface area contributed by atoms with Crippen molar-refractivity contribution in [2.24, 2.45) is 11.3 Å². The Balaban J connectivity index is 2.37. The molecule has 0 fully saturated rings. The van der Waals surface area contributed by atoms with Gasteiger partial charge in [-0.3, -0.25) is 4.79 Å². The van der Waals surface area contributed by atoms with E-state index in [2.05, 4.69) is 59.1 Å². The van der Waals surface area contributed by atoms with Crippen LogP contribution in [0.25, 0.3) is 0 Å². The Morgan fingerprint density at radius 3 is 2.32 bits per heavy atom. The fourth-order valence-corrected chi connectivity index (χ4v) is 2.69. The molecule has 0 heterocycles. The number of carbonyl (C=O) groups is 1. The van der Waals surface area contributed by atoms with Gasteiger partial charge in [-0.25, -0.2) is 0 Å². The summed E-state index contributed by atoms with van der Waals surface area (Å²) in [5.74, 6) is -0.112. The number of rotatable bonds is 7. The minimum Gasteiger partial charge on any atom is -0.459 e. The van der Waals surface area contributed by atoms with Crippen molar-refractivity contribution in [3.05, 3.63) is 35.9 Å². The van der Waals surface area contributed by atoms with E-state index < -0.39 is 0 Å². The number of nitrogens with zero attached hydrogens (tertiary/aromatic N) is 1. The summed E-state index contributed by atoms with van der Waals surface area (Å²) in [6.07, 6.45) is 0.855. The average molecular weight is 306 g/mol. The van der Waals surface area contributed by atoms with Gasteiger partial charge < -0.3 is 9.22 Å². The fraction of sp³-hybridized carbons (Fsp3) is 0.632. The lowest BCUT2D eigenvalue weighted by molar-refractivity contribution is -0.903. The molecule has 0 spiro atoms. The van der Waals surface area contributed by atoms with E-state index in [1.165, 1.54) is 5.56 Å². The minimum atomic E-state index is -0.0744. The van der Waals surface area contributed by atoms with Gasteiger partial charge in [0.25, 0.3) is 0 Å². The van der Waals surface area contributed by atoms with Gasteiger partial charge in [0.2, 0.25) is 0 Å². The molecule has 1 aromatic carbocycles. The SMILES string of the molecule is CC(CC(C)(C)C)C(=O)OCC[N+](C)(C)Cc1ccccc1. The fourth-order valence-electron chi connectivity index (χ4n) is 2.69. The second-order valence-electron chi connectivity index (χ2n) is 8.14. The van der Waals surface area contributed by atoms with Crippen molar-refractivity contribution in [3.8, 4) is 0 Å². The van der Waals surface area contributed by atoms with E-state index in [-0.39, 0.29) is 17.3 Å². The predicted octanol–water partition coefficient (Wildman–Crippen LogP) is 3.88. The van der Waals surface area contributed by atoms with Gasteiger partial charge in [-0.2, -0.15) is 0 Å². The predicted molar refractivity (Wildman–Crippen MR) is 91.3 cm³/mol. The number of hydrogen-bond donors (Lipinski definition) is 0. The van der Waals surface area contributed by atoms with Crippen LogP contribution >= 0.6 is 0 Å². The quantitative estimate of drug-likeness (QED) is 0.564. The zero-order valence-electron chi connectivity index (χ0n) is 15.1. The summed E-state index contributed by atoms with van der Waals surface area (Å²) in [5.41, 5.74) is 1.46. The standard InChI is InChI=1S/C19H32NO2/c1-16(14-19(2,3)4)18(21)22-13-12-20(5,6)15-17-10-8-7-9-11-17/h7-11,16H,12-15H2,1-6H3/q+1. The molecule has 1 rings (SSSR count). The Hall–Kier alpha value is -1.35. The largest absolute Gasteiger partial charge is 0.459 e. The molecule has 1 atom stereocenters. The lowest BCUT2D eigenvalue weighted by atomic mass is 9.85.